The Balaban J connectivity index is 1.97. The van der Waals surface area contributed by atoms with Gasteiger partial charge in [0.2, 0.25) is 0 Å². The minimum absolute atomic E-state index is 0.202. The Bertz CT molecular complexity index is 829. The first kappa shape index (κ1) is 13.8. The van der Waals surface area contributed by atoms with Crippen molar-refractivity contribution in [2.24, 2.45) is 10.2 Å². The molecule has 104 valence electrons. The highest BCUT2D eigenvalue weighted by molar-refractivity contribution is 6.34. The second-order valence-corrected chi connectivity index (χ2v) is 5.17. The number of benzene rings is 2. The van der Waals surface area contributed by atoms with Gasteiger partial charge in [0.15, 0.2) is 5.82 Å². The van der Waals surface area contributed by atoms with E-state index < -0.39 is 0 Å². The lowest BCUT2D eigenvalue weighted by Gasteiger charge is -2.01. The first-order valence-electron chi connectivity index (χ1n) is 6.08. The number of phenols is 1. The summed E-state index contributed by atoms with van der Waals surface area (Å²) in [5.74, 6) is 0.526. The summed E-state index contributed by atoms with van der Waals surface area (Å²) in [6.07, 6.45) is 0. The maximum atomic E-state index is 9.83. The molecule has 0 aliphatic carbocycles. The number of rotatable bonds is 2. The van der Waals surface area contributed by atoms with Crippen molar-refractivity contribution in [2.45, 2.75) is 0 Å². The summed E-state index contributed by atoms with van der Waals surface area (Å²) in [6.45, 7) is 0. The summed E-state index contributed by atoms with van der Waals surface area (Å²) in [5.41, 5.74) is 0.599. The molecule has 0 saturated heterocycles. The van der Waals surface area contributed by atoms with Crippen LogP contribution in [0.3, 0.4) is 0 Å². The van der Waals surface area contributed by atoms with Gasteiger partial charge in [0.1, 0.15) is 10.9 Å². The van der Waals surface area contributed by atoms with Crippen LogP contribution in [0, 0.1) is 0 Å². The number of pyridine rings is 1. The van der Waals surface area contributed by atoms with Crippen LogP contribution >= 0.6 is 23.2 Å². The zero-order valence-electron chi connectivity index (χ0n) is 10.7. The molecule has 21 heavy (non-hydrogen) atoms. The second-order valence-electron chi connectivity index (χ2n) is 4.35. The van der Waals surface area contributed by atoms with Crippen molar-refractivity contribution in [3.63, 3.8) is 0 Å². The monoisotopic (exact) mass is 317 g/mol. The van der Waals surface area contributed by atoms with Gasteiger partial charge in [-0.2, -0.15) is 0 Å². The summed E-state index contributed by atoms with van der Waals surface area (Å²) in [6, 6.07) is 13.8. The molecule has 3 rings (SSSR count). The average Bonchev–Trinajstić information content (AvgIpc) is 2.45. The highest BCUT2D eigenvalue weighted by atomic mass is 35.5. The molecule has 0 radical (unpaired) electrons. The summed E-state index contributed by atoms with van der Waals surface area (Å²) < 4.78 is 0. The van der Waals surface area contributed by atoms with Crippen molar-refractivity contribution >= 4 is 45.5 Å². The van der Waals surface area contributed by atoms with Gasteiger partial charge in [-0.1, -0.05) is 41.4 Å². The fourth-order valence-corrected chi connectivity index (χ4v) is 2.38. The van der Waals surface area contributed by atoms with Gasteiger partial charge in [0.05, 0.1) is 5.69 Å². The van der Waals surface area contributed by atoms with Crippen molar-refractivity contribution in [2.75, 3.05) is 0 Å². The molecule has 4 nitrogen and oxygen atoms in total. The quantitative estimate of drug-likeness (QED) is 0.489. The molecule has 0 aliphatic heterocycles. The van der Waals surface area contributed by atoms with Crippen LogP contribution in [0.1, 0.15) is 0 Å². The van der Waals surface area contributed by atoms with E-state index >= 15 is 0 Å². The Kier molecular flexibility index (Phi) is 3.73. The number of aromatic nitrogens is 1. The van der Waals surface area contributed by atoms with Crippen molar-refractivity contribution in [3.05, 3.63) is 58.7 Å². The van der Waals surface area contributed by atoms with Crippen LogP contribution in [0.15, 0.2) is 58.8 Å². The number of hydrogen-bond acceptors (Lipinski definition) is 4. The van der Waals surface area contributed by atoms with E-state index in [4.69, 9.17) is 23.2 Å². The molecule has 0 fully saturated rings. The molecular weight excluding hydrogens is 309 g/mol. The Morgan fingerprint density at radius 3 is 2.62 bits per heavy atom. The summed E-state index contributed by atoms with van der Waals surface area (Å²) >= 11 is 11.7. The maximum Gasteiger partial charge on any atom is 0.177 e. The summed E-state index contributed by atoms with van der Waals surface area (Å²) in [5, 5.41) is 20.3. The van der Waals surface area contributed by atoms with E-state index in [2.05, 4.69) is 15.2 Å². The van der Waals surface area contributed by atoms with Gasteiger partial charge >= 0.3 is 0 Å². The minimum atomic E-state index is 0.202. The molecular formula is C15H9Cl2N3O. The van der Waals surface area contributed by atoms with Crippen molar-refractivity contribution < 1.29 is 5.11 Å². The number of hydrogen-bond donors (Lipinski definition) is 1. The van der Waals surface area contributed by atoms with E-state index in [1.165, 1.54) is 6.07 Å². The van der Waals surface area contributed by atoms with Gasteiger partial charge in [-0.05, 0) is 29.7 Å². The Morgan fingerprint density at radius 1 is 0.952 bits per heavy atom. The Hall–Kier alpha value is -2.17. The van der Waals surface area contributed by atoms with Gasteiger partial charge in [-0.3, -0.25) is 0 Å². The molecule has 0 amide bonds. The van der Waals surface area contributed by atoms with Gasteiger partial charge in [-0.25, -0.2) is 4.98 Å². The lowest BCUT2D eigenvalue weighted by atomic mass is 10.1. The van der Waals surface area contributed by atoms with Crippen LogP contribution in [-0.4, -0.2) is 10.1 Å². The molecule has 1 aromatic heterocycles. The third-order valence-electron chi connectivity index (χ3n) is 2.86. The maximum absolute atomic E-state index is 9.83. The summed E-state index contributed by atoms with van der Waals surface area (Å²) in [4.78, 5) is 4.00. The smallest absolute Gasteiger partial charge is 0.177 e. The molecule has 0 aliphatic rings. The fraction of sp³-hybridized carbons (Fsp3) is 0. The van der Waals surface area contributed by atoms with Gasteiger partial charge in [0.25, 0.3) is 0 Å². The topological polar surface area (TPSA) is 57.8 Å². The minimum Gasteiger partial charge on any atom is -0.507 e. The van der Waals surface area contributed by atoms with E-state index in [9.17, 15) is 5.11 Å². The van der Waals surface area contributed by atoms with Crippen molar-refractivity contribution in [1.82, 2.24) is 4.98 Å². The van der Waals surface area contributed by atoms with Crippen LogP contribution < -0.4 is 0 Å². The first-order chi connectivity index (χ1) is 10.1. The molecule has 0 bridgehead atoms. The SMILES string of the molecule is Oc1cccc2ccc(N=Nc3cc(Cl)cc(Cl)n3)cc12. The molecule has 3 aromatic rings. The van der Waals surface area contributed by atoms with Crippen LogP contribution in [0.2, 0.25) is 10.2 Å². The number of nitrogens with zero attached hydrogens (tertiary/aromatic N) is 3. The standard InChI is InChI=1S/C15H9Cl2N3O/c16-10-6-14(17)18-15(7-10)20-19-11-5-4-9-2-1-3-13(21)12(9)8-11/h1-8,21H. The average molecular weight is 318 g/mol. The number of aromatic hydroxyl groups is 1. The fourth-order valence-electron chi connectivity index (χ4n) is 1.92. The zero-order chi connectivity index (χ0) is 14.8. The van der Waals surface area contributed by atoms with E-state index in [-0.39, 0.29) is 10.9 Å². The van der Waals surface area contributed by atoms with Gasteiger partial charge < -0.3 is 5.11 Å². The van der Waals surface area contributed by atoms with E-state index in [0.29, 0.717) is 21.9 Å². The Morgan fingerprint density at radius 2 is 1.81 bits per heavy atom. The Labute approximate surface area is 130 Å². The predicted octanol–water partition coefficient (Wildman–Crippen LogP) is 5.66. The van der Waals surface area contributed by atoms with Crippen LogP contribution in [0.25, 0.3) is 10.8 Å². The normalized spacial score (nSPS) is 11.3. The van der Waals surface area contributed by atoms with Gasteiger partial charge in [-0.15, -0.1) is 10.2 Å². The molecule has 0 saturated carbocycles. The predicted molar refractivity (Wildman–Crippen MR) is 84.0 cm³/mol. The number of azo groups is 1. The second kappa shape index (κ2) is 5.68. The van der Waals surface area contributed by atoms with Crippen LogP contribution in [-0.2, 0) is 0 Å². The third-order valence-corrected chi connectivity index (χ3v) is 3.27. The largest absolute Gasteiger partial charge is 0.507 e. The van der Waals surface area contributed by atoms with E-state index in [1.54, 1.807) is 30.3 Å². The molecule has 0 unspecified atom stereocenters. The lowest BCUT2D eigenvalue weighted by Crippen LogP contribution is -1.76. The number of phenolic OH excluding ortho intramolecular Hbond substituents is 1. The van der Waals surface area contributed by atoms with Crippen LogP contribution in [0.5, 0.6) is 5.75 Å². The van der Waals surface area contributed by atoms with Crippen molar-refractivity contribution in [3.8, 4) is 5.75 Å². The van der Waals surface area contributed by atoms with Crippen molar-refractivity contribution in [1.29, 1.82) is 0 Å². The molecule has 1 heterocycles. The molecule has 0 atom stereocenters. The number of fused-ring (bicyclic) bond motifs is 1. The molecule has 0 spiro atoms. The highest BCUT2D eigenvalue weighted by Gasteiger charge is 2.01. The van der Waals surface area contributed by atoms with E-state index in [0.717, 1.165) is 5.39 Å². The zero-order valence-corrected chi connectivity index (χ0v) is 12.2. The third kappa shape index (κ3) is 3.12. The molecule has 2 aromatic carbocycles. The lowest BCUT2D eigenvalue weighted by molar-refractivity contribution is 0.481. The highest BCUT2D eigenvalue weighted by Crippen LogP contribution is 2.29. The summed E-state index contributed by atoms with van der Waals surface area (Å²) in [7, 11) is 0. The van der Waals surface area contributed by atoms with Gasteiger partial charge in [0, 0.05) is 16.5 Å². The number of halogens is 2. The first-order valence-corrected chi connectivity index (χ1v) is 6.84. The molecule has 6 heteroatoms. The van der Waals surface area contributed by atoms with E-state index in [1.807, 2.05) is 12.1 Å². The molecule has 1 N–H and O–H groups in total. The van der Waals surface area contributed by atoms with Crippen LogP contribution in [0.4, 0.5) is 11.5 Å².